The van der Waals surface area contributed by atoms with E-state index < -0.39 is 11.2 Å². The third-order valence-electron chi connectivity index (χ3n) is 6.95. The molecule has 4 aromatic carbocycles. The van der Waals surface area contributed by atoms with Gasteiger partial charge < -0.3 is 16.0 Å². The predicted octanol–water partition coefficient (Wildman–Crippen LogP) is 8.25. The summed E-state index contributed by atoms with van der Waals surface area (Å²) in [5.74, 6) is -0.944. The van der Waals surface area contributed by atoms with Crippen molar-refractivity contribution < 1.29 is 14.4 Å². The topological polar surface area (TPSA) is 87.3 Å². The number of aryl methyl sites for hydroxylation is 1. The molecule has 1 atom stereocenters. The van der Waals surface area contributed by atoms with Gasteiger partial charge in [0.25, 0.3) is 11.8 Å². The lowest BCUT2D eigenvalue weighted by Gasteiger charge is -2.19. The van der Waals surface area contributed by atoms with Crippen LogP contribution in [0.3, 0.4) is 0 Å². The first-order valence-electron chi connectivity index (χ1n) is 14.0. The number of amides is 3. The van der Waals surface area contributed by atoms with Gasteiger partial charge in [-0.3, -0.25) is 14.4 Å². The maximum absolute atomic E-state index is 13.6. The van der Waals surface area contributed by atoms with Gasteiger partial charge in [0.15, 0.2) is 0 Å². The Bertz CT molecular complexity index is 1770. The van der Waals surface area contributed by atoms with Crippen molar-refractivity contribution in [1.29, 1.82) is 0 Å². The number of rotatable bonds is 10. The van der Waals surface area contributed by atoms with Crippen LogP contribution in [0.5, 0.6) is 0 Å². The number of anilines is 2. The minimum absolute atomic E-state index is 0.121. The van der Waals surface area contributed by atoms with E-state index in [4.69, 9.17) is 0 Å². The zero-order valence-electron chi connectivity index (χ0n) is 24.2. The number of hydrogen-bond donors (Lipinski definition) is 3. The quantitative estimate of drug-likeness (QED) is 0.109. The van der Waals surface area contributed by atoms with Crippen molar-refractivity contribution in [3.8, 4) is 0 Å². The van der Waals surface area contributed by atoms with Gasteiger partial charge in [-0.1, -0.05) is 60.7 Å². The van der Waals surface area contributed by atoms with Crippen LogP contribution in [-0.2, 0) is 9.59 Å². The third kappa shape index (κ3) is 7.92. The van der Waals surface area contributed by atoms with Gasteiger partial charge in [0.2, 0.25) is 5.91 Å². The molecule has 0 aliphatic heterocycles. The number of benzene rings is 4. The molecule has 0 fully saturated rings. The SMILES string of the molecule is Cc1cccc(NC(=O)C(Sc2ccc(NC(=O)/C(=C/c3ccsc3)NC(=O)c3ccccc3)cc2)c2ccccc2)c1C. The number of thioether (sulfide) groups is 1. The van der Waals surface area contributed by atoms with E-state index >= 15 is 0 Å². The molecule has 1 unspecified atom stereocenters. The summed E-state index contributed by atoms with van der Waals surface area (Å²) in [5, 5.41) is 12.1. The van der Waals surface area contributed by atoms with Crippen LogP contribution in [-0.4, -0.2) is 17.7 Å². The van der Waals surface area contributed by atoms with Gasteiger partial charge in [0.05, 0.1) is 0 Å². The Morgan fingerprint density at radius 2 is 1.48 bits per heavy atom. The first kappa shape index (κ1) is 30.5. The summed E-state index contributed by atoms with van der Waals surface area (Å²) in [4.78, 5) is 40.6. The average molecular weight is 618 g/mol. The molecule has 0 aliphatic rings. The molecule has 0 saturated carbocycles. The van der Waals surface area contributed by atoms with Crippen molar-refractivity contribution in [3.05, 3.63) is 153 Å². The number of thiophene rings is 1. The molecule has 220 valence electrons. The van der Waals surface area contributed by atoms with E-state index in [1.165, 1.54) is 23.1 Å². The minimum atomic E-state index is -0.495. The van der Waals surface area contributed by atoms with Gasteiger partial charge in [-0.2, -0.15) is 11.3 Å². The van der Waals surface area contributed by atoms with Crippen molar-refractivity contribution in [2.45, 2.75) is 24.0 Å². The fraction of sp³-hybridized carbons (Fsp3) is 0.0833. The third-order valence-corrected chi connectivity index (χ3v) is 8.92. The molecule has 0 radical (unpaired) electrons. The van der Waals surface area contributed by atoms with Gasteiger partial charge in [-0.15, -0.1) is 11.8 Å². The number of hydrogen-bond acceptors (Lipinski definition) is 5. The van der Waals surface area contributed by atoms with Gasteiger partial charge in [0, 0.05) is 21.8 Å². The summed E-state index contributed by atoms with van der Waals surface area (Å²) in [5.41, 5.74) is 5.76. The first-order chi connectivity index (χ1) is 21.4. The maximum atomic E-state index is 13.6. The fourth-order valence-electron chi connectivity index (χ4n) is 4.40. The molecule has 6 nitrogen and oxygen atoms in total. The molecule has 0 saturated heterocycles. The Labute approximate surface area is 265 Å². The second kappa shape index (κ2) is 14.5. The molecule has 0 aliphatic carbocycles. The van der Waals surface area contributed by atoms with Crippen LogP contribution in [0, 0.1) is 13.8 Å². The highest BCUT2D eigenvalue weighted by Crippen LogP contribution is 2.37. The minimum Gasteiger partial charge on any atom is -0.325 e. The second-order valence-electron chi connectivity index (χ2n) is 10.1. The first-order valence-corrected chi connectivity index (χ1v) is 15.8. The summed E-state index contributed by atoms with van der Waals surface area (Å²) in [6.07, 6.45) is 1.65. The lowest BCUT2D eigenvalue weighted by Crippen LogP contribution is -2.30. The molecule has 3 N–H and O–H groups in total. The van der Waals surface area contributed by atoms with Crippen LogP contribution in [0.25, 0.3) is 6.08 Å². The lowest BCUT2D eigenvalue weighted by atomic mass is 10.1. The van der Waals surface area contributed by atoms with Crippen LogP contribution >= 0.6 is 23.1 Å². The normalized spacial score (nSPS) is 11.8. The summed E-state index contributed by atoms with van der Waals surface area (Å²) >= 11 is 2.93. The summed E-state index contributed by atoms with van der Waals surface area (Å²) in [7, 11) is 0. The molecule has 0 bridgehead atoms. The van der Waals surface area contributed by atoms with E-state index in [2.05, 4.69) is 16.0 Å². The second-order valence-corrected chi connectivity index (χ2v) is 12.0. The predicted molar refractivity (Wildman–Crippen MR) is 181 cm³/mol. The number of carbonyl (C=O) groups excluding carboxylic acids is 3. The van der Waals surface area contributed by atoms with Gasteiger partial charge in [0.1, 0.15) is 10.9 Å². The van der Waals surface area contributed by atoms with Crippen LogP contribution in [0.2, 0.25) is 0 Å². The summed E-state index contributed by atoms with van der Waals surface area (Å²) in [6.45, 7) is 4.02. The summed E-state index contributed by atoms with van der Waals surface area (Å²) in [6, 6.07) is 33.4. The van der Waals surface area contributed by atoms with E-state index in [1.807, 2.05) is 97.4 Å². The Morgan fingerprint density at radius 1 is 0.773 bits per heavy atom. The van der Waals surface area contributed by atoms with E-state index in [0.29, 0.717) is 11.3 Å². The van der Waals surface area contributed by atoms with Crippen molar-refractivity contribution in [1.82, 2.24) is 5.32 Å². The van der Waals surface area contributed by atoms with E-state index in [9.17, 15) is 14.4 Å². The molecule has 3 amide bonds. The zero-order valence-corrected chi connectivity index (χ0v) is 25.9. The zero-order chi connectivity index (χ0) is 30.9. The molecule has 1 aromatic heterocycles. The van der Waals surface area contributed by atoms with Gasteiger partial charge >= 0.3 is 0 Å². The Balaban J connectivity index is 1.31. The van der Waals surface area contributed by atoms with Gasteiger partial charge in [-0.25, -0.2) is 0 Å². The Kier molecular flexibility index (Phi) is 10.1. The highest BCUT2D eigenvalue weighted by Gasteiger charge is 2.23. The molecule has 5 rings (SSSR count). The van der Waals surface area contributed by atoms with E-state index in [-0.39, 0.29) is 17.5 Å². The molecule has 5 aromatic rings. The van der Waals surface area contributed by atoms with Crippen LogP contribution in [0.15, 0.2) is 131 Å². The lowest BCUT2D eigenvalue weighted by molar-refractivity contribution is -0.116. The Hall–Kier alpha value is -4.92. The van der Waals surface area contributed by atoms with E-state index in [1.54, 1.807) is 42.5 Å². The molecule has 0 spiro atoms. The standard InChI is InChI=1S/C36H31N3O3S2/c1-24-10-9-15-31(25(24)2)38-36(42)33(27-11-5-3-6-12-27)44-30-18-16-29(17-19-30)37-35(41)32(22-26-20-21-43-23-26)39-34(40)28-13-7-4-8-14-28/h3-23,33H,1-2H3,(H,37,41)(H,38,42)(H,39,40)/b32-22-. The smallest absolute Gasteiger partial charge is 0.272 e. The largest absolute Gasteiger partial charge is 0.325 e. The monoisotopic (exact) mass is 617 g/mol. The fourth-order valence-corrected chi connectivity index (χ4v) is 6.05. The van der Waals surface area contributed by atoms with E-state index in [0.717, 1.165) is 32.8 Å². The average Bonchev–Trinajstić information content (AvgIpc) is 3.56. The Morgan fingerprint density at radius 3 is 2.16 bits per heavy atom. The summed E-state index contributed by atoms with van der Waals surface area (Å²) < 4.78 is 0. The van der Waals surface area contributed by atoms with Crippen molar-refractivity contribution >= 4 is 58.3 Å². The van der Waals surface area contributed by atoms with Crippen LogP contribution in [0.4, 0.5) is 11.4 Å². The number of nitrogens with one attached hydrogen (secondary N) is 3. The van der Waals surface area contributed by atoms with Crippen molar-refractivity contribution in [3.63, 3.8) is 0 Å². The number of carbonyl (C=O) groups is 3. The molecular weight excluding hydrogens is 587 g/mol. The molecule has 44 heavy (non-hydrogen) atoms. The highest BCUT2D eigenvalue weighted by molar-refractivity contribution is 8.00. The molecule has 1 heterocycles. The van der Waals surface area contributed by atoms with Crippen molar-refractivity contribution in [2.24, 2.45) is 0 Å². The molecule has 8 heteroatoms. The van der Waals surface area contributed by atoms with Crippen LogP contribution in [0.1, 0.15) is 37.9 Å². The van der Waals surface area contributed by atoms with Crippen LogP contribution < -0.4 is 16.0 Å². The van der Waals surface area contributed by atoms with Crippen molar-refractivity contribution in [2.75, 3.05) is 10.6 Å². The van der Waals surface area contributed by atoms with Gasteiger partial charge in [-0.05, 0) is 101 Å². The molecular formula is C36H31N3O3S2. The maximum Gasteiger partial charge on any atom is 0.272 e. The highest BCUT2D eigenvalue weighted by atomic mass is 32.2.